The molecule has 0 radical (unpaired) electrons. The number of hydrogen-bond acceptors (Lipinski definition) is 3. The van der Waals surface area contributed by atoms with Crippen LogP contribution in [0.4, 0.5) is 0 Å². The van der Waals surface area contributed by atoms with Gasteiger partial charge in [-0.25, -0.2) is 0 Å². The molecule has 6 heteroatoms. The Morgan fingerprint density at radius 1 is 1.15 bits per heavy atom. The Morgan fingerprint density at radius 3 is 2.58 bits per heavy atom. The van der Waals surface area contributed by atoms with Crippen molar-refractivity contribution in [2.24, 2.45) is 0 Å². The number of amides is 1. The average Bonchev–Trinajstić information content (AvgIpc) is 2.67. The maximum atomic E-state index is 12.5. The zero-order valence-corrected chi connectivity index (χ0v) is 15.4. The zero-order chi connectivity index (χ0) is 18.4. The Bertz CT molecular complexity index is 718. The molecule has 2 N–H and O–H groups in total. The summed E-state index contributed by atoms with van der Waals surface area (Å²) in [7, 11) is 0. The predicted octanol–water partition coefficient (Wildman–Crippen LogP) is 1.12. The molecule has 0 aromatic heterocycles. The molecule has 1 fully saturated rings. The first-order valence-corrected chi connectivity index (χ1v) is 9.24. The van der Waals surface area contributed by atoms with Crippen LogP contribution in [0.2, 0.25) is 5.02 Å². The highest BCUT2D eigenvalue weighted by Crippen LogP contribution is 2.17. The number of rotatable bonds is 6. The number of piperazine rings is 1. The highest BCUT2D eigenvalue weighted by Gasteiger charge is 2.26. The van der Waals surface area contributed by atoms with Gasteiger partial charge in [-0.2, -0.15) is 0 Å². The second kappa shape index (κ2) is 9.03. The largest absolute Gasteiger partial charge is 0.491 e. The van der Waals surface area contributed by atoms with Gasteiger partial charge in [-0.3, -0.25) is 4.79 Å². The number of carbonyl (C=O) groups excluding carboxylic acids is 1. The lowest BCUT2D eigenvalue weighted by Gasteiger charge is -2.33. The minimum Gasteiger partial charge on any atom is -0.491 e. The molecule has 1 saturated heterocycles. The molecule has 1 aliphatic rings. The van der Waals surface area contributed by atoms with E-state index < -0.39 is 6.10 Å². The molecule has 3 rings (SSSR count). The predicted molar refractivity (Wildman–Crippen MR) is 101 cm³/mol. The zero-order valence-electron chi connectivity index (χ0n) is 14.6. The minimum atomic E-state index is -0.555. The van der Waals surface area contributed by atoms with Crippen LogP contribution in [0.1, 0.15) is 10.4 Å². The Balaban J connectivity index is 1.41. The van der Waals surface area contributed by atoms with E-state index >= 15 is 0 Å². The van der Waals surface area contributed by atoms with Gasteiger partial charge in [0.1, 0.15) is 25.0 Å². The molecule has 2 aromatic rings. The van der Waals surface area contributed by atoms with Crippen molar-refractivity contribution < 1.29 is 19.5 Å². The van der Waals surface area contributed by atoms with Crippen molar-refractivity contribution in [3.63, 3.8) is 0 Å². The number of benzene rings is 2. The molecule has 0 saturated carbocycles. The normalized spacial score (nSPS) is 16.3. The lowest BCUT2D eigenvalue weighted by atomic mass is 10.2. The van der Waals surface area contributed by atoms with Crippen LogP contribution in [-0.4, -0.2) is 61.3 Å². The monoisotopic (exact) mass is 375 g/mol. The number of nitrogens with one attached hydrogen (secondary N) is 1. The summed E-state index contributed by atoms with van der Waals surface area (Å²) in [6.45, 7) is 3.89. The molecular weight excluding hydrogens is 352 g/mol. The molecule has 0 unspecified atom stereocenters. The van der Waals surface area contributed by atoms with E-state index in [1.54, 1.807) is 12.1 Å². The Hall–Kier alpha value is -2.08. The van der Waals surface area contributed by atoms with Crippen molar-refractivity contribution in [2.75, 3.05) is 39.3 Å². The van der Waals surface area contributed by atoms with Gasteiger partial charge in [0.15, 0.2) is 0 Å². The van der Waals surface area contributed by atoms with E-state index in [4.69, 9.17) is 16.3 Å². The first kappa shape index (κ1) is 18.7. The standard InChI is InChI=1S/C20H23ClN2O3/c21-17-7-4-8-19(13-17)26-15-18(24)14-22-9-11-23(12-10-22)20(25)16-5-2-1-3-6-16/h1-8,13,18,24H,9-12,14-15H2/p+1/t18-/m1/s1. The summed E-state index contributed by atoms with van der Waals surface area (Å²) in [6, 6.07) is 16.5. The van der Waals surface area contributed by atoms with Crippen molar-refractivity contribution in [2.45, 2.75) is 6.10 Å². The highest BCUT2D eigenvalue weighted by atomic mass is 35.5. The molecule has 5 nitrogen and oxygen atoms in total. The fourth-order valence-electron chi connectivity index (χ4n) is 3.13. The maximum Gasteiger partial charge on any atom is 0.254 e. The third-order valence-electron chi connectivity index (χ3n) is 4.54. The molecule has 138 valence electrons. The Labute approximate surface area is 158 Å². The number of ether oxygens (including phenoxy) is 1. The summed E-state index contributed by atoms with van der Waals surface area (Å²) >= 11 is 5.92. The summed E-state index contributed by atoms with van der Waals surface area (Å²) in [5.41, 5.74) is 0.728. The number of nitrogens with zero attached hydrogens (tertiary/aromatic N) is 1. The SMILES string of the molecule is O=C(c1ccccc1)N1CC[NH+](C[C@@H](O)COc2cccc(Cl)c2)CC1. The maximum absolute atomic E-state index is 12.5. The molecule has 0 bridgehead atoms. The van der Waals surface area contributed by atoms with Crippen molar-refractivity contribution in [3.05, 3.63) is 65.2 Å². The van der Waals surface area contributed by atoms with Gasteiger partial charge in [-0.15, -0.1) is 0 Å². The van der Waals surface area contributed by atoms with Gasteiger partial charge in [0, 0.05) is 10.6 Å². The second-order valence-electron chi connectivity index (χ2n) is 6.53. The van der Waals surface area contributed by atoms with Crippen molar-refractivity contribution in [1.82, 2.24) is 4.90 Å². The second-order valence-corrected chi connectivity index (χ2v) is 6.97. The van der Waals surface area contributed by atoms with Crippen LogP contribution < -0.4 is 9.64 Å². The van der Waals surface area contributed by atoms with Crippen LogP contribution in [0, 0.1) is 0 Å². The van der Waals surface area contributed by atoms with Gasteiger partial charge in [-0.1, -0.05) is 35.9 Å². The van der Waals surface area contributed by atoms with E-state index in [1.807, 2.05) is 47.4 Å². The van der Waals surface area contributed by atoms with Gasteiger partial charge in [-0.05, 0) is 30.3 Å². The summed E-state index contributed by atoms with van der Waals surface area (Å²) in [5, 5.41) is 10.8. The van der Waals surface area contributed by atoms with Crippen molar-refractivity contribution in [3.8, 4) is 5.75 Å². The summed E-state index contributed by atoms with van der Waals surface area (Å²) in [4.78, 5) is 15.6. The molecular formula is C20H24ClN2O3+. The summed E-state index contributed by atoms with van der Waals surface area (Å²) in [5.74, 6) is 0.735. The number of halogens is 1. The molecule has 1 aliphatic heterocycles. The average molecular weight is 376 g/mol. The fourth-order valence-corrected chi connectivity index (χ4v) is 3.32. The van der Waals surface area contributed by atoms with Crippen LogP contribution in [0.5, 0.6) is 5.75 Å². The Morgan fingerprint density at radius 2 is 1.88 bits per heavy atom. The first-order chi connectivity index (χ1) is 12.6. The smallest absolute Gasteiger partial charge is 0.254 e. The van der Waals surface area contributed by atoms with E-state index in [9.17, 15) is 9.90 Å². The van der Waals surface area contributed by atoms with Gasteiger partial charge >= 0.3 is 0 Å². The number of quaternary nitrogens is 1. The van der Waals surface area contributed by atoms with Crippen LogP contribution >= 0.6 is 11.6 Å². The molecule has 1 amide bonds. The fraction of sp³-hybridized carbons (Fsp3) is 0.350. The molecule has 0 spiro atoms. The van der Waals surface area contributed by atoms with E-state index in [1.165, 1.54) is 4.90 Å². The molecule has 1 heterocycles. The van der Waals surface area contributed by atoms with E-state index in [-0.39, 0.29) is 12.5 Å². The minimum absolute atomic E-state index is 0.0782. The van der Waals surface area contributed by atoms with Crippen LogP contribution in [0.25, 0.3) is 0 Å². The summed E-state index contributed by atoms with van der Waals surface area (Å²) < 4.78 is 5.60. The van der Waals surface area contributed by atoms with Gasteiger partial charge in [0.2, 0.25) is 0 Å². The lowest BCUT2D eigenvalue weighted by molar-refractivity contribution is -0.907. The third kappa shape index (κ3) is 5.21. The van der Waals surface area contributed by atoms with Gasteiger partial charge in [0.05, 0.1) is 26.2 Å². The summed E-state index contributed by atoms with van der Waals surface area (Å²) in [6.07, 6.45) is -0.555. The number of aliphatic hydroxyl groups excluding tert-OH is 1. The lowest BCUT2D eigenvalue weighted by Crippen LogP contribution is -3.16. The molecule has 1 atom stereocenters. The number of aliphatic hydroxyl groups is 1. The highest BCUT2D eigenvalue weighted by molar-refractivity contribution is 6.30. The van der Waals surface area contributed by atoms with E-state index in [0.717, 1.165) is 18.7 Å². The van der Waals surface area contributed by atoms with E-state index in [0.29, 0.717) is 30.4 Å². The van der Waals surface area contributed by atoms with Gasteiger partial charge < -0.3 is 19.6 Å². The number of carbonyl (C=O) groups is 1. The third-order valence-corrected chi connectivity index (χ3v) is 4.78. The van der Waals surface area contributed by atoms with Crippen LogP contribution in [0.3, 0.4) is 0 Å². The van der Waals surface area contributed by atoms with Crippen molar-refractivity contribution >= 4 is 17.5 Å². The quantitative estimate of drug-likeness (QED) is 0.795. The van der Waals surface area contributed by atoms with Crippen molar-refractivity contribution in [1.29, 1.82) is 0 Å². The number of hydrogen-bond donors (Lipinski definition) is 2. The molecule has 26 heavy (non-hydrogen) atoms. The first-order valence-electron chi connectivity index (χ1n) is 8.86. The molecule has 0 aliphatic carbocycles. The van der Waals surface area contributed by atoms with Crippen LogP contribution in [-0.2, 0) is 0 Å². The molecule has 2 aromatic carbocycles. The van der Waals surface area contributed by atoms with Crippen LogP contribution in [0.15, 0.2) is 54.6 Å². The van der Waals surface area contributed by atoms with E-state index in [2.05, 4.69) is 0 Å². The topological polar surface area (TPSA) is 54.2 Å². The Kier molecular flexibility index (Phi) is 6.50. The van der Waals surface area contributed by atoms with Gasteiger partial charge in [0.25, 0.3) is 5.91 Å².